The zero-order valence-electron chi connectivity index (χ0n) is 18.4. The van der Waals surface area contributed by atoms with Crippen LogP contribution in [0.2, 0.25) is 0 Å². The van der Waals surface area contributed by atoms with Crippen molar-refractivity contribution < 1.29 is 4.79 Å². The highest BCUT2D eigenvalue weighted by atomic mass is 32.2. The molecule has 6 heteroatoms. The number of carbonyl (C=O) groups excluding carboxylic acids is 1. The lowest BCUT2D eigenvalue weighted by atomic mass is 10.0. The molecule has 0 bridgehead atoms. The molecule has 4 rings (SSSR count). The Morgan fingerprint density at radius 3 is 2.25 bits per heavy atom. The molecule has 5 nitrogen and oxygen atoms in total. The molecular weight excluding hydrogens is 418 g/mol. The first kappa shape index (κ1) is 21.8. The molecule has 1 unspecified atom stereocenters. The first-order valence-corrected chi connectivity index (χ1v) is 11.4. The third-order valence-electron chi connectivity index (χ3n) is 5.33. The van der Waals surface area contributed by atoms with Crippen molar-refractivity contribution in [2.45, 2.75) is 23.9 Å². The van der Waals surface area contributed by atoms with E-state index in [1.807, 2.05) is 85.8 Å². The van der Waals surface area contributed by atoms with Crippen LogP contribution < -0.4 is 5.56 Å². The minimum Gasteiger partial charge on any atom is -0.348 e. The van der Waals surface area contributed by atoms with Crippen LogP contribution >= 0.6 is 11.8 Å². The molecule has 1 heterocycles. The van der Waals surface area contributed by atoms with Crippen molar-refractivity contribution in [2.75, 3.05) is 14.1 Å². The highest BCUT2D eigenvalue weighted by Crippen LogP contribution is 2.36. The van der Waals surface area contributed by atoms with Crippen molar-refractivity contribution in [3.8, 4) is 11.1 Å². The summed E-state index contributed by atoms with van der Waals surface area (Å²) in [5.74, 6) is -0.0452. The number of carbonyl (C=O) groups is 1. The largest absolute Gasteiger partial charge is 0.348 e. The molecule has 4 aromatic rings. The molecule has 0 N–H and O–H groups in total. The molecule has 0 aliphatic heterocycles. The van der Waals surface area contributed by atoms with Gasteiger partial charge in [-0.3, -0.25) is 14.2 Å². The normalized spacial score (nSPS) is 12.0. The van der Waals surface area contributed by atoms with Crippen molar-refractivity contribution in [1.29, 1.82) is 0 Å². The van der Waals surface area contributed by atoms with Crippen LogP contribution in [0.4, 0.5) is 0 Å². The van der Waals surface area contributed by atoms with Crippen molar-refractivity contribution >= 4 is 28.6 Å². The smallest absolute Gasteiger partial charge is 0.262 e. The van der Waals surface area contributed by atoms with Crippen LogP contribution in [0.3, 0.4) is 0 Å². The minimum atomic E-state index is -0.495. The van der Waals surface area contributed by atoms with Crippen LogP contribution in [0.15, 0.2) is 88.8 Å². The second-order valence-electron chi connectivity index (χ2n) is 7.68. The van der Waals surface area contributed by atoms with Gasteiger partial charge in [0.1, 0.15) is 5.25 Å². The van der Waals surface area contributed by atoms with Gasteiger partial charge in [-0.15, -0.1) is 0 Å². The Bertz CT molecular complexity index is 1300. The molecular formula is C26H25N3O2S. The van der Waals surface area contributed by atoms with Crippen LogP contribution in [0, 0.1) is 0 Å². The Labute approximate surface area is 191 Å². The molecule has 0 spiro atoms. The molecule has 0 fully saturated rings. The average Bonchev–Trinajstić information content (AvgIpc) is 2.83. The van der Waals surface area contributed by atoms with Crippen molar-refractivity contribution in [3.05, 3.63) is 94.8 Å². The van der Waals surface area contributed by atoms with E-state index in [4.69, 9.17) is 4.98 Å². The lowest BCUT2D eigenvalue weighted by molar-refractivity contribution is -0.128. The fraction of sp³-hybridized carbons (Fsp3) is 0.192. The van der Waals surface area contributed by atoms with E-state index in [2.05, 4.69) is 0 Å². The van der Waals surface area contributed by atoms with E-state index in [1.165, 1.54) is 11.8 Å². The van der Waals surface area contributed by atoms with E-state index in [1.54, 1.807) is 23.6 Å². The number of amides is 1. The number of likely N-dealkylation sites (N-methyl/N-ethyl adjacent to an activating group) is 1. The summed E-state index contributed by atoms with van der Waals surface area (Å²) in [5, 5.41) is 0.621. The molecule has 0 radical (unpaired) electrons. The number of benzene rings is 3. The Balaban J connectivity index is 1.84. The summed E-state index contributed by atoms with van der Waals surface area (Å²) in [6.45, 7) is 2.39. The summed E-state index contributed by atoms with van der Waals surface area (Å²) >= 11 is 1.32. The van der Waals surface area contributed by atoms with Crippen LogP contribution in [0.1, 0.15) is 17.7 Å². The van der Waals surface area contributed by atoms with Crippen molar-refractivity contribution in [3.63, 3.8) is 0 Å². The number of hydrogen-bond acceptors (Lipinski definition) is 4. The maximum absolute atomic E-state index is 13.3. The van der Waals surface area contributed by atoms with Crippen LogP contribution in [0.5, 0.6) is 0 Å². The first-order chi connectivity index (χ1) is 15.5. The predicted molar refractivity (Wildman–Crippen MR) is 131 cm³/mol. The Kier molecular flexibility index (Phi) is 6.42. The van der Waals surface area contributed by atoms with Crippen LogP contribution in [-0.2, 0) is 11.3 Å². The zero-order chi connectivity index (χ0) is 22.7. The summed E-state index contributed by atoms with van der Waals surface area (Å²) in [7, 11) is 3.48. The first-order valence-electron chi connectivity index (χ1n) is 10.5. The number of nitrogens with zero attached hydrogens (tertiary/aromatic N) is 3. The zero-order valence-corrected chi connectivity index (χ0v) is 19.2. The molecule has 0 aliphatic rings. The summed E-state index contributed by atoms with van der Waals surface area (Å²) in [4.78, 5) is 32.7. The van der Waals surface area contributed by atoms with Gasteiger partial charge in [-0.2, -0.15) is 0 Å². The molecule has 0 saturated heterocycles. The predicted octanol–water partition coefficient (Wildman–Crippen LogP) is 5.01. The van der Waals surface area contributed by atoms with Gasteiger partial charge in [0, 0.05) is 20.6 Å². The third kappa shape index (κ3) is 4.32. The highest BCUT2D eigenvalue weighted by molar-refractivity contribution is 8.00. The Hall–Kier alpha value is -3.38. The van der Waals surface area contributed by atoms with Gasteiger partial charge >= 0.3 is 0 Å². The van der Waals surface area contributed by atoms with Gasteiger partial charge in [-0.1, -0.05) is 78.5 Å². The third-order valence-corrected chi connectivity index (χ3v) is 6.57. The maximum Gasteiger partial charge on any atom is 0.262 e. The van der Waals surface area contributed by atoms with E-state index < -0.39 is 5.25 Å². The molecule has 162 valence electrons. The number of hydrogen-bond donors (Lipinski definition) is 0. The van der Waals surface area contributed by atoms with Gasteiger partial charge < -0.3 is 4.90 Å². The molecule has 0 aliphatic carbocycles. The molecule has 1 amide bonds. The Morgan fingerprint density at radius 2 is 1.62 bits per heavy atom. The van der Waals surface area contributed by atoms with E-state index >= 15 is 0 Å². The molecule has 3 aromatic carbocycles. The summed E-state index contributed by atoms with van der Waals surface area (Å²) in [6.07, 6.45) is 0. The van der Waals surface area contributed by atoms with Crippen LogP contribution in [0.25, 0.3) is 22.0 Å². The second-order valence-corrected chi connectivity index (χ2v) is 8.76. The fourth-order valence-electron chi connectivity index (χ4n) is 3.61. The van der Waals surface area contributed by atoms with E-state index in [0.29, 0.717) is 22.6 Å². The van der Waals surface area contributed by atoms with Gasteiger partial charge in [0.25, 0.3) is 5.56 Å². The minimum absolute atomic E-state index is 0.0452. The van der Waals surface area contributed by atoms with Gasteiger partial charge in [-0.25, -0.2) is 4.98 Å². The van der Waals surface area contributed by atoms with Crippen molar-refractivity contribution in [2.24, 2.45) is 0 Å². The Morgan fingerprint density at radius 1 is 0.969 bits per heavy atom. The average molecular weight is 444 g/mol. The SMILES string of the molecule is CCn1c(SC(C(=O)N(C)C)c2ccccc2)nc2cc(-c3ccccc3)ccc2c1=O. The molecule has 32 heavy (non-hydrogen) atoms. The summed E-state index contributed by atoms with van der Waals surface area (Å²) in [6, 6.07) is 25.4. The lowest BCUT2D eigenvalue weighted by Crippen LogP contribution is -2.28. The summed E-state index contributed by atoms with van der Waals surface area (Å²) < 4.78 is 1.65. The van der Waals surface area contributed by atoms with Crippen molar-refractivity contribution in [1.82, 2.24) is 14.5 Å². The number of aromatic nitrogens is 2. The number of thioether (sulfide) groups is 1. The molecule has 1 atom stereocenters. The summed E-state index contributed by atoms with van der Waals surface area (Å²) in [5.41, 5.74) is 3.48. The van der Waals surface area contributed by atoms with E-state index in [-0.39, 0.29) is 11.5 Å². The van der Waals surface area contributed by atoms with Crippen LogP contribution in [-0.4, -0.2) is 34.5 Å². The monoisotopic (exact) mass is 443 g/mol. The number of rotatable bonds is 6. The van der Waals surface area contributed by atoms with Gasteiger partial charge in [0.15, 0.2) is 5.16 Å². The molecule has 1 aromatic heterocycles. The highest BCUT2D eigenvalue weighted by Gasteiger charge is 2.26. The number of fused-ring (bicyclic) bond motifs is 1. The fourth-order valence-corrected chi connectivity index (χ4v) is 4.91. The van der Waals surface area contributed by atoms with Gasteiger partial charge in [0.2, 0.25) is 5.91 Å². The quantitative estimate of drug-likeness (QED) is 0.311. The van der Waals surface area contributed by atoms with Gasteiger partial charge in [-0.05, 0) is 35.7 Å². The second kappa shape index (κ2) is 9.40. The van der Waals surface area contributed by atoms with E-state index in [0.717, 1.165) is 16.7 Å². The maximum atomic E-state index is 13.3. The standard InChI is InChI=1S/C26H25N3O2S/c1-4-29-24(30)21-16-15-20(18-11-7-5-8-12-18)17-22(21)27-26(29)32-23(25(31)28(2)3)19-13-9-6-10-14-19/h5-17,23H,4H2,1-3H3. The van der Waals surface area contributed by atoms with E-state index in [9.17, 15) is 9.59 Å². The van der Waals surface area contributed by atoms with Gasteiger partial charge in [0.05, 0.1) is 10.9 Å². The lowest BCUT2D eigenvalue weighted by Gasteiger charge is -2.21. The topological polar surface area (TPSA) is 55.2 Å². The molecule has 0 saturated carbocycles.